The van der Waals surface area contributed by atoms with Crippen LogP contribution in [0.2, 0.25) is 0 Å². The minimum atomic E-state index is -0.408. The van der Waals surface area contributed by atoms with Gasteiger partial charge in [-0.05, 0) is 24.3 Å². The second-order valence-electron chi connectivity index (χ2n) is 3.26. The van der Waals surface area contributed by atoms with Gasteiger partial charge < -0.3 is 9.31 Å². The number of rotatable bonds is 3. The fraction of sp³-hybridized carbons (Fsp3) is 0. The summed E-state index contributed by atoms with van der Waals surface area (Å²) in [6.45, 7) is 7.33. The molecule has 0 saturated heterocycles. The van der Waals surface area contributed by atoms with Crippen molar-refractivity contribution in [3.05, 3.63) is 65.6 Å². The largest absolute Gasteiger partial charge is 0.632 e. The smallest absolute Gasteiger partial charge is 0.519 e. The fourth-order valence-corrected chi connectivity index (χ4v) is 1.69. The quantitative estimate of drug-likeness (QED) is 0.791. The highest BCUT2D eigenvalue weighted by Crippen LogP contribution is 2.21. The van der Waals surface area contributed by atoms with Crippen LogP contribution in [-0.4, -0.2) is 7.12 Å². The first-order chi connectivity index (χ1) is 7.74. The molecule has 1 aromatic rings. The Hall–Kier alpha value is -1.42. The number of allylic oxidation sites excluding steroid dienone is 2. The zero-order valence-electron chi connectivity index (χ0n) is 8.65. The van der Waals surface area contributed by atoms with Crippen molar-refractivity contribution >= 4 is 28.5 Å². The van der Waals surface area contributed by atoms with Gasteiger partial charge in [0.05, 0.1) is 0 Å². The molecule has 0 spiro atoms. The summed E-state index contributed by atoms with van der Waals surface area (Å²) < 4.78 is 12.2. The summed E-state index contributed by atoms with van der Waals surface area (Å²) in [5, 5.41) is 0. The molecule has 0 atom stereocenters. The Morgan fingerprint density at radius 2 is 1.50 bits per heavy atom. The minimum Gasteiger partial charge on any atom is -0.519 e. The summed E-state index contributed by atoms with van der Waals surface area (Å²) in [4.78, 5) is 0. The van der Waals surface area contributed by atoms with E-state index in [2.05, 4.69) is 29.1 Å². The molecule has 0 radical (unpaired) electrons. The van der Waals surface area contributed by atoms with Gasteiger partial charge in [0.15, 0.2) is 0 Å². The minimum absolute atomic E-state index is 0.408. The van der Waals surface area contributed by atoms with Crippen LogP contribution in [0.1, 0.15) is 0 Å². The van der Waals surface area contributed by atoms with Gasteiger partial charge in [0, 0.05) is 9.94 Å². The maximum atomic E-state index is 5.59. The third-order valence-electron chi connectivity index (χ3n) is 2.22. The molecule has 0 fully saturated rings. The van der Waals surface area contributed by atoms with Crippen molar-refractivity contribution in [3.63, 3.8) is 0 Å². The highest BCUT2D eigenvalue weighted by atomic mass is 79.9. The normalized spacial score (nSPS) is 14.4. The van der Waals surface area contributed by atoms with Gasteiger partial charge in [0.25, 0.3) is 0 Å². The van der Waals surface area contributed by atoms with Gasteiger partial charge >= 0.3 is 7.12 Å². The van der Waals surface area contributed by atoms with Crippen molar-refractivity contribution in [1.29, 1.82) is 0 Å². The zero-order valence-corrected chi connectivity index (χ0v) is 10.2. The van der Waals surface area contributed by atoms with Gasteiger partial charge in [0.2, 0.25) is 0 Å². The van der Waals surface area contributed by atoms with Crippen molar-refractivity contribution in [2.75, 3.05) is 0 Å². The van der Waals surface area contributed by atoms with Crippen LogP contribution >= 0.6 is 15.9 Å². The van der Waals surface area contributed by atoms with E-state index in [9.17, 15) is 0 Å². The highest BCUT2D eigenvalue weighted by molar-refractivity contribution is 9.10. The van der Waals surface area contributed by atoms with E-state index < -0.39 is 7.12 Å². The Labute approximate surface area is 104 Å². The van der Waals surface area contributed by atoms with E-state index in [1.165, 1.54) is 0 Å². The predicted octanol–water partition coefficient (Wildman–Crippen LogP) is 2.77. The van der Waals surface area contributed by atoms with E-state index >= 15 is 0 Å². The molecule has 0 amide bonds. The zero-order chi connectivity index (χ0) is 11.5. The van der Waals surface area contributed by atoms with Crippen LogP contribution in [0.15, 0.2) is 65.6 Å². The van der Waals surface area contributed by atoms with Crippen molar-refractivity contribution < 1.29 is 9.31 Å². The third-order valence-corrected chi connectivity index (χ3v) is 2.75. The molecule has 0 bridgehead atoms. The molecule has 1 heterocycles. The first-order valence-corrected chi connectivity index (χ1v) is 5.62. The summed E-state index contributed by atoms with van der Waals surface area (Å²) in [6, 6.07) is 7.78. The molecule has 2 rings (SSSR count). The molecule has 0 aliphatic carbocycles. The Kier molecular flexibility index (Phi) is 3.20. The van der Waals surface area contributed by atoms with Crippen molar-refractivity contribution in [2.45, 2.75) is 0 Å². The number of halogens is 1. The molecule has 0 N–H and O–H groups in total. The van der Waals surface area contributed by atoms with E-state index in [1.54, 1.807) is 12.2 Å². The summed E-state index contributed by atoms with van der Waals surface area (Å²) in [6.07, 6.45) is 3.24. The van der Waals surface area contributed by atoms with Crippen LogP contribution in [0.25, 0.3) is 0 Å². The first-order valence-electron chi connectivity index (χ1n) is 4.82. The summed E-state index contributed by atoms with van der Waals surface area (Å²) in [5.74, 6) is 1.26. The topological polar surface area (TPSA) is 18.5 Å². The second kappa shape index (κ2) is 4.62. The molecule has 2 nitrogen and oxygen atoms in total. The van der Waals surface area contributed by atoms with Crippen LogP contribution in [0, 0.1) is 0 Å². The van der Waals surface area contributed by atoms with Gasteiger partial charge in [-0.3, -0.25) is 0 Å². The van der Waals surface area contributed by atoms with Crippen molar-refractivity contribution in [3.8, 4) is 0 Å². The van der Waals surface area contributed by atoms with E-state index in [0.29, 0.717) is 11.5 Å². The van der Waals surface area contributed by atoms with Gasteiger partial charge in [-0.25, -0.2) is 0 Å². The Morgan fingerprint density at radius 1 is 1.00 bits per heavy atom. The third kappa shape index (κ3) is 2.07. The van der Waals surface area contributed by atoms with E-state index in [-0.39, 0.29) is 0 Å². The molecule has 80 valence electrons. The Balaban J connectivity index is 2.19. The number of hydrogen-bond acceptors (Lipinski definition) is 2. The lowest BCUT2D eigenvalue weighted by Gasteiger charge is -2.05. The van der Waals surface area contributed by atoms with Crippen LogP contribution in [-0.2, 0) is 9.31 Å². The van der Waals surface area contributed by atoms with Gasteiger partial charge in [0.1, 0.15) is 11.5 Å². The summed E-state index contributed by atoms with van der Waals surface area (Å²) >= 11 is 3.38. The molecule has 0 unspecified atom stereocenters. The average molecular weight is 277 g/mol. The lowest BCUT2D eigenvalue weighted by atomic mass is 9.79. The Bertz CT molecular complexity index is 431. The molecule has 0 aromatic heterocycles. The molecule has 1 aliphatic rings. The molecule has 16 heavy (non-hydrogen) atoms. The summed E-state index contributed by atoms with van der Waals surface area (Å²) in [7, 11) is -0.408. The molecule has 1 aromatic carbocycles. The number of hydrogen-bond donors (Lipinski definition) is 0. The second-order valence-corrected chi connectivity index (χ2v) is 4.17. The molecule has 0 saturated carbocycles. The first kappa shape index (κ1) is 11.1. The summed E-state index contributed by atoms with van der Waals surface area (Å²) in [5.41, 5.74) is 0.958. The van der Waals surface area contributed by atoms with Crippen LogP contribution in [0.4, 0.5) is 0 Å². The molecule has 1 aliphatic heterocycles. The SMILES string of the molecule is C=CC1=C(C=C)OB(c2ccc(Br)cc2)O1. The molecular weight excluding hydrogens is 267 g/mol. The van der Waals surface area contributed by atoms with Crippen molar-refractivity contribution in [1.82, 2.24) is 0 Å². The lowest BCUT2D eigenvalue weighted by Crippen LogP contribution is -2.32. The maximum Gasteiger partial charge on any atom is 0.632 e. The fourth-order valence-electron chi connectivity index (χ4n) is 1.42. The van der Waals surface area contributed by atoms with Gasteiger partial charge in [-0.1, -0.05) is 41.2 Å². The van der Waals surface area contributed by atoms with E-state index in [4.69, 9.17) is 9.31 Å². The number of benzene rings is 1. The van der Waals surface area contributed by atoms with Gasteiger partial charge in [-0.15, -0.1) is 0 Å². The lowest BCUT2D eigenvalue weighted by molar-refractivity contribution is 0.401. The molecular formula is C12H10BBrO2. The van der Waals surface area contributed by atoms with E-state index in [1.807, 2.05) is 24.3 Å². The van der Waals surface area contributed by atoms with Crippen LogP contribution in [0.5, 0.6) is 0 Å². The van der Waals surface area contributed by atoms with Crippen LogP contribution < -0.4 is 5.46 Å². The molecule has 4 heteroatoms. The maximum absolute atomic E-state index is 5.59. The van der Waals surface area contributed by atoms with Crippen molar-refractivity contribution in [2.24, 2.45) is 0 Å². The standard InChI is InChI=1S/C12H10BBrO2/c1-3-11-12(4-2)16-13(15-11)9-5-7-10(14)8-6-9/h3-8H,1-2H2. The van der Waals surface area contributed by atoms with Crippen LogP contribution in [0.3, 0.4) is 0 Å². The Morgan fingerprint density at radius 3 is 1.94 bits per heavy atom. The predicted molar refractivity (Wildman–Crippen MR) is 69.1 cm³/mol. The highest BCUT2D eigenvalue weighted by Gasteiger charge is 2.33. The van der Waals surface area contributed by atoms with Gasteiger partial charge in [-0.2, -0.15) is 0 Å². The average Bonchev–Trinajstić information content (AvgIpc) is 2.73. The monoisotopic (exact) mass is 276 g/mol. The van der Waals surface area contributed by atoms with E-state index in [0.717, 1.165) is 9.94 Å².